The third-order valence-electron chi connectivity index (χ3n) is 5.59. The van der Waals surface area contributed by atoms with Gasteiger partial charge in [0.1, 0.15) is 5.75 Å². The summed E-state index contributed by atoms with van der Waals surface area (Å²) in [6, 6.07) is 14.7. The Labute approximate surface area is 175 Å². The Kier molecular flexibility index (Phi) is 8.12. The molecule has 29 heavy (non-hydrogen) atoms. The zero-order chi connectivity index (χ0) is 20.5. The number of amides is 1. The average Bonchev–Trinajstić information content (AvgIpc) is 3.22. The van der Waals surface area contributed by atoms with Crippen LogP contribution in [-0.2, 0) is 17.9 Å². The van der Waals surface area contributed by atoms with Crippen molar-refractivity contribution in [1.82, 2.24) is 10.2 Å². The summed E-state index contributed by atoms with van der Waals surface area (Å²) in [6.45, 7) is 8.75. The van der Waals surface area contributed by atoms with Crippen LogP contribution < -0.4 is 10.1 Å². The lowest BCUT2D eigenvalue weighted by atomic mass is 10.1. The second-order valence-corrected chi connectivity index (χ2v) is 8.10. The summed E-state index contributed by atoms with van der Waals surface area (Å²) in [4.78, 5) is 14.7. The molecule has 0 radical (unpaired) electrons. The van der Waals surface area contributed by atoms with Crippen LogP contribution in [0.3, 0.4) is 0 Å². The maximum absolute atomic E-state index is 12.2. The highest BCUT2D eigenvalue weighted by Gasteiger charge is 2.13. The van der Waals surface area contributed by atoms with Gasteiger partial charge >= 0.3 is 0 Å². The van der Waals surface area contributed by atoms with Gasteiger partial charge in [0.05, 0.1) is 6.61 Å². The van der Waals surface area contributed by atoms with Gasteiger partial charge in [0.15, 0.2) is 0 Å². The first-order valence-corrected chi connectivity index (χ1v) is 10.9. The van der Waals surface area contributed by atoms with Crippen molar-refractivity contribution in [2.24, 2.45) is 0 Å². The highest BCUT2D eigenvalue weighted by Crippen LogP contribution is 2.19. The number of ether oxygens (including phenoxy) is 1. The molecule has 1 saturated heterocycles. The van der Waals surface area contributed by atoms with E-state index in [1.54, 1.807) is 0 Å². The molecule has 2 aromatic rings. The number of aryl methyl sites for hydroxylation is 2. The summed E-state index contributed by atoms with van der Waals surface area (Å²) in [5.41, 5.74) is 4.92. The number of nitrogens with zero attached hydrogens (tertiary/aromatic N) is 1. The first-order valence-electron chi connectivity index (χ1n) is 10.9. The number of likely N-dealkylation sites (tertiary alicyclic amines) is 1. The summed E-state index contributed by atoms with van der Waals surface area (Å²) in [7, 11) is 0. The third-order valence-corrected chi connectivity index (χ3v) is 5.59. The molecule has 4 nitrogen and oxygen atoms in total. The second kappa shape index (κ2) is 11.0. The van der Waals surface area contributed by atoms with Gasteiger partial charge in [-0.05, 0) is 80.9 Å². The fourth-order valence-corrected chi connectivity index (χ4v) is 3.78. The SMILES string of the molecule is Cc1ccc(C)c(OCCCCC(=O)NCc2ccccc2CN2CCCC2)c1. The molecular weight excluding hydrogens is 360 g/mol. The average molecular weight is 395 g/mol. The Morgan fingerprint density at radius 2 is 1.79 bits per heavy atom. The summed E-state index contributed by atoms with van der Waals surface area (Å²) in [5.74, 6) is 1.07. The molecule has 1 aliphatic heterocycles. The maximum Gasteiger partial charge on any atom is 0.220 e. The van der Waals surface area contributed by atoms with Gasteiger partial charge in [0.25, 0.3) is 0 Å². The third kappa shape index (κ3) is 6.90. The van der Waals surface area contributed by atoms with E-state index in [-0.39, 0.29) is 5.91 Å². The Hall–Kier alpha value is -2.33. The van der Waals surface area contributed by atoms with Crippen molar-refractivity contribution in [3.8, 4) is 5.75 Å². The van der Waals surface area contributed by atoms with E-state index in [4.69, 9.17) is 4.74 Å². The van der Waals surface area contributed by atoms with Crippen molar-refractivity contribution < 1.29 is 9.53 Å². The van der Waals surface area contributed by atoms with Gasteiger partial charge < -0.3 is 10.1 Å². The molecule has 1 N–H and O–H groups in total. The van der Waals surface area contributed by atoms with Crippen molar-refractivity contribution in [1.29, 1.82) is 0 Å². The van der Waals surface area contributed by atoms with Crippen LogP contribution in [0.1, 0.15) is 54.4 Å². The molecule has 4 heteroatoms. The molecule has 1 aliphatic rings. The first kappa shape index (κ1) is 21.4. The second-order valence-electron chi connectivity index (χ2n) is 8.10. The molecule has 0 bridgehead atoms. The van der Waals surface area contributed by atoms with Gasteiger partial charge in [-0.25, -0.2) is 0 Å². The molecule has 1 amide bonds. The molecule has 0 saturated carbocycles. The number of nitrogens with one attached hydrogen (secondary N) is 1. The number of benzene rings is 2. The minimum Gasteiger partial charge on any atom is -0.493 e. The van der Waals surface area contributed by atoms with Gasteiger partial charge in [-0.1, -0.05) is 36.4 Å². The van der Waals surface area contributed by atoms with Gasteiger partial charge in [0.2, 0.25) is 5.91 Å². The number of unbranched alkanes of at least 4 members (excludes halogenated alkanes) is 1. The minimum atomic E-state index is 0.118. The lowest BCUT2D eigenvalue weighted by molar-refractivity contribution is -0.121. The van der Waals surface area contributed by atoms with Gasteiger partial charge in [-0.15, -0.1) is 0 Å². The lowest BCUT2D eigenvalue weighted by Gasteiger charge is -2.17. The van der Waals surface area contributed by atoms with E-state index in [2.05, 4.69) is 66.5 Å². The molecule has 0 spiro atoms. The van der Waals surface area contributed by atoms with E-state index in [0.717, 1.165) is 30.7 Å². The standard InChI is InChI=1S/C25H34N2O2/c1-20-12-13-21(2)24(17-20)29-16-8-5-11-25(28)26-18-22-9-3-4-10-23(22)19-27-14-6-7-15-27/h3-4,9-10,12-13,17H,5-8,11,14-16,18-19H2,1-2H3,(H,26,28). The van der Waals surface area contributed by atoms with Crippen LogP contribution in [0.4, 0.5) is 0 Å². The van der Waals surface area contributed by atoms with Gasteiger partial charge in [-0.3, -0.25) is 9.69 Å². The van der Waals surface area contributed by atoms with Crippen LogP contribution in [0.25, 0.3) is 0 Å². The molecule has 0 atom stereocenters. The largest absolute Gasteiger partial charge is 0.493 e. The monoisotopic (exact) mass is 394 g/mol. The highest BCUT2D eigenvalue weighted by molar-refractivity contribution is 5.75. The summed E-state index contributed by atoms with van der Waals surface area (Å²) >= 11 is 0. The quantitative estimate of drug-likeness (QED) is 0.591. The van der Waals surface area contributed by atoms with E-state index in [9.17, 15) is 4.79 Å². The Balaban J connectivity index is 1.35. The van der Waals surface area contributed by atoms with Crippen LogP contribution in [0.2, 0.25) is 0 Å². The Morgan fingerprint density at radius 1 is 1.03 bits per heavy atom. The molecule has 3 rings (SSSR count). The summed E-state index contributed by atoms with van der Waals surface area (Å²) < 4.78 is 5.87. The summed E-state index contributed by atoms with van der Waals surface area (Å²) in [5, 5.41) is 3.09. The molecule has 1 fully saturated rings. The topological polar surface area (TPSA) is 41.6 Å². The molecule has 0 aliphatic carbocycles. The smallest absolute Gasteiger partial charge is 0.220 e. The molecule has 156 valence electrons. The predicted octanol–water partition coefficient (Wildman–Crippen LogP) is 4.76. The van der Waals surface area contributed by atoms with Crippen LogP contribution in [0.15, 0.2) is 42.5 Å². The van der Waals surface area contributed by atoms with Crippen molar-refractivity contribution >= 4 is 5.91 Å². The summed E-state index contributed by atoms with van der Waals surface area (Å²) in [6.07, 6.45) is 4.86. The highest BCUT2D eigenvalue weighted by atomic mass is 16.5. The van der Waals surface area contributed by atoms with E-state index < -0.39 is 0 Å². The molecule has 0 aromatic heterocycles. The maximum atomic E-state index is 12.2. The molecule has 2 aromatic carbocycles. The fraction of sp³-hybridized carbons (Fsp3) is 0.480. The molecular formula is C25H34N2O2. The van der Waals surface area contributed by atoms with Crippen molar-refractivity contribution in [2.45, 2.75) is 59.0 Å². The van der Waals surface area contributed by atoms with Crippen LogP contribution in [0.5, 0.6) is 5.75 Å². The fourth-order valence-electron chi connectivity index (χ4n) is 3.78. The zero-order valence-corrected chi connectivity index (χ0v) is 17.9. The number of rotatable bonds is 10. The number of hydrogen-bond acceptors (Lipinski definition) is 3. The number of carbonyl (C=O) groups excluding carboxylic acids is 1. The Morgan fingerprint density at radius 3 is 2.59 bits per heavy atom. The van der Waals surface area contributed by atoms with Crippen LogP contribution in [-0.4, -0.2) is 30.5 Å². The number of hydrogen-bond donors (Lipinski definition) is 1. The lowest BCUT2D eigenvalue weighted by Crippen LogP contribution is -2.24. The zero-order valence-electron chi connectivity index (χ0n) is 17.9. The molecule has 1 heterocycles. The van der Waals surface area contributed by atoms with E-state index in [1.165, 1.54) is 42.6 Å². The van der Waals surface area contributed by atoms with E-state index in [0.29, 0.717) is 19.6 Å². The number of carbonyl (C=O) groups is 1. The van der Waals surface area contributed by atoms with Crippen molar-refractivity contribution in [3.63, 3.8) is 0 Å². The first-order chi connectivity index (χ1) is 14.1. The van der Waals surface area contributed by atoms with Crippen molar-refractivity contribution in [3.05, 3.63) is 64.7 Å². The van der Waals surface area contributed by atoms with E-state index >= 15 is 0 Å². The van der Waals surface area contributed by atoms with E-state index in [1.807, 2.05) is 0 Å². The van der Waals surface area contributed by atoms with Gasteiger partial charge in [-0.2, -0.15) is 0 Å². The van der Waals surface area contributed by atoms with Gasteiger partial charge in [0, 0.05) is 19.5 Å². The van der Waals surface area contributed by atoms with Crippen LogP contribution >= 0.6 is 0 Å². The molecule has 0 unspecified atom stereocenters. The minimum absolute atomic E-state index is 0.118. The normalized spacial score (nSPS) is 14.1. The Bertz CT molecular complexity index is 797. The van der Waals surface area contributed by atoms with Crippen molar-refractivity contribution in [2.75, 3.05) is 19.7 Å². The predicted molar refractivity (Wildman–Crippen MR) is 118 cm³/mol. The van der Waals surface area contributed by atoms with Crippen LogP contribution in [0, 0.1) is 13.8 Å².